The third-order valence-electron chi connectivity index (χ3n) is 0.857. The number of thioether (sulfide) groups is 1. The number of anilines is 1. The summed E-state index contributed by atoms with van der Waals surface area (Å²) in [5.74, 6) is 0. The average molecular weight is 173 g/mol. The molecule has 10 heavy (non-hydrogen) atoms. The van der Waals surface area contributed by atoms with Gasteiger partial charge in [-0.2, -0.15) is 0 Å². The molecule has 0 radical (unpaired) electrons. The van der Waals surface area contributed by atoms with Gasteiger partial charge in [-0.25, -0.2) is 4.98 Å². The van der Waals surface area contributed by atoms with Crippen molar-refractivity contribution in [3.63, 3.8) is 0 Å². The van der Waals surface area contributed by atoms with E-state index in [2.05, 4.69) is 10.3 Å². The molecule has 0 atom stereocenters. The average Bonchev–Trinajstić information content (AvgIpc) is 2.40. The minimum Gasteiger partial charge on any atom is -0.311 e. The normalized spacial score (nSPS) is 9.30. The maximum Gasteiger partial charge on any atom is 0.188 e. The molecule has 1 aromatic rings. The zero-order chi connectivity index (χ0) is 7.40. The Bertz CT molecular complexity index is 207. The Balaban J connectivity index is 2.48. The van der Waals surface area contributed by atoms with E-state index in [0.717, 1.165) is 5.13 Å². The van der Waals surface area contributed by atoms with E-state index in [-0.39, 0.29) is 0 Å². The van der Waals surface area contributed by atoms with Crippen LogP contribution in [0.4, 0.5) is 5.13 Å². The van der Waals surface area contributed by atoms with Gasteiger partial charge in [0.05, 0.1) is 0 Å². The predicted octanol–water partition coefficient (Wildman–Crippen LogP) is 1.85. The fourth-order valence-corrected chi connectivity index (χ4v) is 1.23. The van der Waals surface area contributed by atoms with Crippen molar-refractivity contribution >= 4 is 33.4 Å². The second kappa shape index (κ2) is 3.58. The predicted molar refractivity (Wildman–Crippen MR) is 47.0 cm³/mol. The van der Waals surface area contributed by atoms with E-state index in [4.69, 9.17) is 5.41 Å². The van der Waals surface area contributed by atoms with Crippen molar-refractivity contribution in [2.45, 2.75) is 0 Å². The summed E-state index contributed by atoms with van der Waals surface area (Å²) in [5.41, 5.74) is 0. The second-order valence-corrected chi connectivity index (χ2v) is 3.21. The maximum absolute atomic E-state index is 7.23. The van der Waals surface area contributed by atoms with Crippen molar-refractivity contribution in [3.05, 3.63) is 11.6 Å². The number of nitrogens with one attached hydrogen (secondary N) is 2. The van der Waals surface area contributed by atoms with Gasteiger partial charge < -0.3 is 5.32 Å². The smallest absolute Gasteiger partial charge is 0.188 e. The van der Waals surface area contributed by atoms with Crippen LogP contribution < -0.4 is 5.32 Å². The van der Waals surface area contributed by atoms with E-state index in [1.165, 1.54) is 23.1 Å². The molecule has 0 spiro atoms. The van der Waals surface area contributed by atoms with Crippen molar-refractivity contribution in [3.8, 4) is 0 Å². The van der Waals surface area contributed by atoms with Crippen molar-refractivity contribution in [2.75, 3.05) is 11.6 Å². The van der Waals surface area contributed by atoms with Gasteiger partial charge in [0.1, 0.15) is 0 Å². The fraction of sp³-hybridized carbons (Fsp3) is 0.200. The van der Waals surface area contributed by atoms with Gasteiger partial charge >= 0.3 is 0 Å². The Hall–Kier alpha value is -0.550. The Morgan fingerprint density at radius 1 is 1.90 bits per heavy atom. The second-order valence-electron chi connectivity index (χ2n) is 1.50. The van der Waals surface area contributed by atoms with E-state index in [9.17, 15) is 0 Å². The summed E-state index contributed by atoms with van der Waals surface area (Å²) in [6.07, 6.45) is 3.56. The van der Waals surface area contributed by atoms with Gasteiger partial charge in [-0.05, 0) is 6.26 Å². The van der Waals surface area contributed by atoms with Crippen molar-refractivity contribution in [2.24, 2.45) is 0 Å². The van der Waals surface area contributed by atoms with Crippen LogP contribution in [0.25, 0.3) is 0 Å². The molecule has 0 aliphatic heterocycles. The minimum absolute atomic E-state index is 0.426. The topological polar surface area (TPSA) is 48.8 Å². The molecule has 0 amide bonds. The first-order valence-electron chi connectivity index (χ1n) is 2.62. The highest BCUT2D eigenvalue weighted by Crippen LogP contribution is 2.11. The van der Waals surface area contributed by atoms with Crippen LogP contribution in [-0.2, 0) is 0 Å². The molecular weight excluding hydrogens is 166 g/mol. The van der Waals surface area contributed by atoms with Gasteiger partial charge in [0, 0.05) is 11.6 Å². The monoisotopic (exact) mass is 173 g/mol. The molecule has 54 valence electrons. The third-order valence-corrected chi connectivity index (χ3v) is 2.06. The first-order valence-corrected chi connectivity index (χ1v) is 4.72. The van der Waals surface area contributed by atoms with E-state index < -0.39 is 0 Å². The van der Waals surface area contributed by atoms with Crippen LogP contribution in [0.5, 0.6) is 0 Å². The number of hydrogen-bond donors (Lipinski definition) is 2. The van der Waals surface area contributed by atoms with E-state index in [0.29, 0.717) is 5.17 Å². The van der Waals surface area contributed by atoms with E-state index in [1.54, 1.807) is 6.20 Å². The highest BCUT2D eigenvalue weighted by atomic mass is 32.2. The molecule has 1 heterocycles. The molecular formula is C5H7N3S2. The summed E-state index contributed by atoms with van der Waals surface area (Å²) in [6.45, 7) is 0. The van der Waals surface area contributed by atoms with Gasteiger partial charge in [0.15, 0.2) is 10.3 Å². The van der Waals surface area contributed by atoms with Crippen molar-refractivity contribution in [1.82, 2.24) is 4.98 Å². The summed E-state index contributed by atoms with van der Waals surface area (Å²) < 4.78 is 0. The molecule has 1 aromatic heterocycles. The van der Waals surface area contributed by atoms with Crippen LogP contribution in [0.2, 0.25) is 0 Å². The minimum atomic E-state index is 0.426. The first-order chi connectivity index (χ1) is 4.83. The third kappa shape index (κ3) is 2.00. The standard InChI is InChI=1S/C5H7N3S2/c1-9-4(6)8-5-7-2-3-10-5/h2-3H,1H3,(H2,6,7,8). The Morgan fingerprint density at radius 3 is 3.20 bits per heavy atom. The van der Waals surface area contributed by atoms with Crippen molar-refractivity contribution in [1.29, 1.82) is 5.41 Å². The maximum atomic E-state index is 7.23. The zero-order valence-corrected chi connectivity index (χ0v) is 7.05. The molecule has 0 aliphatic rings. The first kappa shape index (κ1) is 7.56. The summed E-state index contributed by atoms with van der Waals surface area (Å²) in [4.78, 5) is 3.96. The van der Waals surface area contributed by atoms with Gasteiger partial charge in [-0.1, -0.05) is 11.8 Å². The highest BCUT2D eigenvalue weighted by molar-refractivity contribution is 8.13. The van der Waals surface area contributed by atoms with Crippen LogP contribution in [0.1, 0.15) is 0 Å². The van der Waals surface area contributed by atoms with Crippen LogP contribution in [0.3, 0.4) is 0 Å². The number of amidine groups is 1. The lowest BCUT2D eigenvalue weighted by Gasteiger charge is -1.97. The molecule has 0 saturated heterocycles. The zero-order valence-electron chi connectivity index (χ0n) is 5.42. The molecule has 5 heteroatoms. The van der Waals surface area contributed by atoms with Gasteiger partial charge in [-0.3, -0.25) is 5.41 Å². The molecule has 0 aromatic carbocycles. The van der Waals surface area contributed by atoms with Crippen LogP contribution in [0.15, 0.2) is 11.6 Å². The van der Waals surface area contributed by atoms with Crippen LogP contribution >= 0.6 is 23.1 Å². The molecule has 0 aliphatic carbocycles. The van der Waals surface area contributed by atoms with Gasteiger partial charge in [-0.15, -0.1) is 11.3 Å². The number of nitrogens with zero attached hydrogens (tertiary/aromatic N) is 1. The molecule has 3 nitrogen and oxygen atoms in total. The van der Waals surface area contributed by atoms with Crippen LogP contribution in [-0.4, -0.2) is 16.4 Å². The SMILES string of the molecule is CSC(=N)Nc1nccs1. The Kier molecular flexibility index (Phi) is 2.70. The van der Waals surface area contributed by atoms with Crippen LogP contribution in [0, 0.1) is 5.41 Å². The highest BCUT2D eigenvalue weighted by Gasteiger charge is 1.95. The molecule has 0 fully saturated rings. The molecule has 0 saturated carbocycles. The summed E-state index contributed by atoms with van der Waals surface area (Å²) in [6, 6.07) is 0. The molecule has 1 rings (SSSR count). The molecule has 0 unspecified atom stereocenters. The largest absolute Gasteiger partial charge is 0.311 e. The Labute approximate surface area is 67.4 Å². The quantitative estimate of drug-likeness (QED) is 0.503. The number of rotatable bonds is 1. The molecule has 0 bridgehead atoms. The lowest BCUT2D eigenvalue weighted by Crippen LogP contribution is -2.03. The summed E-state index contributed by atoms with van der Waals surface area (Å²) in [7, 11) is 0. The number of hydrogen-bond acceptors (Lipinski definition) is 4. The van der Waals surface area contributed by atoms with E-state index in [1.807, 2.05) is 11.6 Å². The molecule has 2 N–H and O–H groups in total. The summed E-state index contributed by atoms with van der Waals surface area (Å²) in [5, 5.41) is 13.1. The Morgan fingerprint density at radius 2 is 2.70 bits per heavy atom. The lowest BCUT2D eigenvalue weighted by atomic mass is 11.0. The number of aromatic nitrogens is 1. The van der Waals surface area contributed by atoms with Crippen molar-refractivity contribution < 1.29 is 0 Å². The summed E-state index contributed by atoms with van der Waals surface area (Å²) >= 11 is 2.85. The lowest BCUT2D eigenvalue weighted by molar-refractivity contribution is 1.40. The van der Waals surface area contributed by atoms with Gasteiger partial charge in [0.25, 0.3) is 0 Å². The van der Waals surface area contributed by atoms with E-state index >= 15 is 0 Å². The van der Waals surface area contributed by atoms with Gasteiger partial charge in [0.2, 0.25) is 0 Å². The number of thiazole rings is 1. The fourth-order valence-electron chi connectivity index (χ4n) is 0.433.